The molecule has 3 N–H and O–H groups in total. The monoisotopic (exact) mass is 335 g/mol. The number of nitrogens with one attached hydrogen (secondary N) is 3. The standard InChI is InChI=1S/C17H25N3O4/c1-6-17(4,15(22)24-5)20-14(21)12-7-9-13(10-8-12)19-16(23)18-11(2)3/h7-11H,6H2,1-5H3,(H,20,21)(H2,18,19,23)/t17-/m1/s1. The molecule has 0 heterocycles. The number of carbonyl (C=O) groups excluding carboxylic acids is 3. The molecule has 0 aliphatic heterocycles. The van der Waals surface area contributed by atoms with Crippen LogP contribution in [0.4, 0.5) is 10.5 Å². The minimum Gasteiger partial charge on any atom is -0.467 e. The lowest BCUT2D eigenvalue weighted by molar-refractivity contribution is -0.147. The van der Waals surface area contributed by atoms with Gasteiger partial charge in [0.1, 0.15) is 5.54 Å². The number of esters is 1. The van der Waals surface area contributed by atoms with Crippen LogP contribution in [0.1, 0.15) is 44.5 Å². The Bertz CT molecular complexity index is 598. The smallest absolute Gasteiger partial charge is 0.331 e. The summed E-state index contributed by atoms with van der Waals surface area (Å²) < 4.78 is 4.73. The summed E-state index contributed by atoms with van der Waals surface area (Å²) in [6, 6.07) is 6.11. The summed E-state index contributed by atoms with van der Waals surface area (Å²) >= 11 is 0. The second-order valence-corrected chi connectivity index (χ2v) is 5.96. The van der Waals surface area contributed by atoms with Crippen LogP contribution in [-0.2, 0) is 9.53 Å². The lowest BCUT2D eigenvalue weighted by atomic mass is 9.98. The summed E-state index contributed by atoms with van der Waals surface area (Å²) in [5.74, 6) is -0.884. The Morgan fingerprint density at radius 3 is 2.21 bits per heavy atom. The Morgan fingerprint density at radius 1 is 1.17 bits per heavy atom. The van der Waals surface area contributed by atoms with Crippen molar-refractivity contribution in [3.8, 4) is 0 Å². The molecule has 3 amide bonds. The van der Waals surface area contributed by atoms with Crippen LogP contribution < -0.4 is 16.0 Å². The molecule has 7 nitrogen and oxygen atoms in total. The highest BCUT2D eigenvalue weighted by Crippen LogP contribution is 2.14. The van der Waals surface area contributed by atoms with Crippen LogP contribution in [0.2, 0.25) is 0 Å². The molecule has 0 aromatic heterocycles. The van der Waals surface area contributed by atoms with E-state index in [0.29, 0.717) is 17.7 Å². The van der Waals surface area contributed by atoms with Crippen LogP contribution in [-0.4, -0.2) is 36.6 Å². The summed E-state index contributed by atoms with van der Waals surface area (Å²) in [5.41, 5.74) is -0.135. The van der Waals surface area contributed by atoms with Crippen molar-refractivity contribution in [1.82, 2.24) is 10.6 Å². The summed E-state index contributed by atoms with van der Waals surface area (Å²) in [4.78, 5) is 35.7. The fourth-order valence-electron chi connectivity index (χ4n) is 1.97. The summed E-state index contributed by atoms with van der Waals surface area (Å²) in [6.45, 7) is 7.12. The lowest BCUT2D eigenvalue weighted by Gasteiger charge is -2.26. The summed E-state index contributed by atoms with van der Waals surface area (Å²) in [6.07, 6.45) is 0.403. The average Bonchev–Trinajstić information content (AvgIpc) is 2.53. The zero-order chi connectivity index (χ0) is 18.3. The molecule has 0 fully saturated rings. The molecule has 0 aliphatic carbocycles. The third-order valence-corrected chi connectivity index (χ3v) is 3.56. The van der Waals surface area contributed by atoms with Gasteiger partial charge in [0.15, 0.2) is 0 Å². The van der Waals surface area contributed by atoms with E-state index in [-0.39, 0.29) is 18.0 Å². The number of anilines is 1. The number of urea groups is 1. The van der Waals surface area contributed by atoms with E-state index in [0.717, 1.165) is 0 Å². The minimum absolute atomic E-state index is 0.0279. The van der Waals surface area contributed by atoms with Gasteiger partial charge in [0.2, 0.25) is 0 Å². The van der Waals surface area contributed by atoms with Gasteiger partial charge in [-0.15, -0.1) is 0 Å². The normalized spacial score (nSPS) is 12.9. The van der Waals surface area contributed by atoms with Crippen molar-refractivity contribution < 1.29 is 19.1 Å². The summed E-state index contributed by atoms with van der Waals surface area (Å²) in [7, 11) is 1.28. The van der Waals surface area contributed by atoms with Crippen molar-refractivity contribution >= 4 is 23.6 Å². The van der Waals surface area contributed by atoms with Crippen LogP contribution in [0.3, 0.4) is 0 Å². The van der Waals surface area contributed by atoms with Crippen molar-refractivity contribution in [3.63, 3.8) is 0 Å². The van der Waals surface area contributed by atoms with Gasteiger partial charge in [0.05, 0.1) is 7.11 Å². The van der Waals surface area contributed by atoms with Crippen LogP contribution in [0.5, 0.6) is 0 Å². The van der Waals surface area contributed by atoms with Gasteiger partial charge in [0, 0.05) is 17.3 Å². The highest BCUT2D eigenvalue weighted by molar-refractivity contribution is 5.98. The molecule has 1 rings (SSSR count). The predicted octanol–water partition coefficient (Wildman–Crippen LogP) is 2.29. The minimum atomic E-state index is -1.08. The molecule has 0 saturated carbocycles. The van der Waals surface area contributed by atoms with Crippen LogP contribution in [0, 0.1) is 0 Å². The van der Waals surface area contributed by atoms with Crippen LogP contribution in [0.15, 0.2) is 24.3 Å². The highest BCUT2D eigenvalue weighted by Gasteiger charge is 2.34. The topological polar surface area (TPSA) is 96.5 Å². The largest absolute Gasteiger partial charge is 0.467 e. The Morgan fingerprint density at radius 2 is 1.75 bits per heavy atom. The molecule has 0 bridgehead atoms. The van der Waals surface area contributed by atoms with Gasteiger partial charge in [-0.1, -0.05) is 6.92 Å². The number of hydrogen-bond donors (Lipinski definition) is 3. The Balaban J connectivity index is 2.76. The second kappa shape index (κ2) is 8.33. The first kappa shape index (κ1) is 19.5. The van der Waals surface area contributed by atoms with E-state index in [1.165, 1.54) is 7.11 Å². The molecule has 0 saturated heterocycles. The Kier molecular flexibility index (Phi) is 6.76. The molecule has 1 aromatic rings. The zero-order valence-electron chi connectivity index (χ0n) is 14.7. The quantitative estimate of drug-likeness (QED) is 0.695. The molecule has 0 radical (unpaired) electrons. The first-order chi connectivity index (χ1) is 11.2. The van der Waals surface area contributed by atoms with Crippen molar-refractivity contribution in [1.29, 1.82) is 0 Å². The first-order valence-corrected chi connectivity index (χ1v) is 7.80. The third-order valence-electron chi connectivity index (χ3n) is 3.56. The fourth-order valence-corrected chi connectivity index (χ4v) is 1.97. The first-order valence-electron chi connectivity index (χ1n) is 7.80. The molecule has 7 heteroatoms. The third kappa shape index (κ3) is 5.26. The van der Waals surface area contributed by atoms with E-state index in [9.17, 15) is 14.4 Å². The number of ether oxygens (including phenoxy) is 1. The summed E-state index contributed by atoms with van der Waals surface area (Å²) in [5, 5.41) is 8.06. The van der Waals surface area contributed by atoms with Crippen molar-refractivity contribution in [2.24, 2.45) is 0 Å². The predicted molar refractivity (Wildman–Crippen MR) is 91.9 cm³/mol. The number of rotatable bonds is 6. The lowest BCUT2D eigenvalue weighted by Crippen LogP contribution is -2.52. The van der Waals surface area contributed by atoms with E-state index < -0.39 is 11.5 Å². The number of amides is 3. The van der Waals surface area contributed by atoms with E-state index >= 15 is 0 Å². The fraction of sp³-hybridized carbons (Fsp3) is 0.471. The van der Waals surface area contributed by atoms with Gasteiger partial charge in [-0.25, -0.2) is 9.59 Å². The number of methoxy groups -OCH3 is 1. The molecule has 1 aromatic carbocycles. The van der Waals surface area contributed by atoms with E-state index in [1.54, 1.807) is 38.1 Å². The number of carbonyl (C=O) groups is 3. The number of hydrogen-bond acceptors (Lipinski definition) is 4. The molecule has 0 aliphatic rings. The number of benzene rings is 1. The van der Waals surface area contributed by atoms with Crippen LogP contribution in [0.25, 0.3) is 0 Å². The van der Waals surface area contributed by atoms with Crippen LogP contribution >= 0.6 is 0 Å². The van der Waals surface area contributed by atoms with E-state index in [1.807, 2.05) is 13.8 Å². The molecular weight excluding hydrogens is 310 g/mol. The molecule has 0 spiro atoms. The average molecular weight is 335 g/mol. The Hall–Kier alpha value is -2.57. The van der Waals surface area contributed by atoms with Gasteiger partial charge in [-0.2, -0.15) is 0 Å². The van der Waals surface area contributed by atoms with Crippen molar-refractivity contribution in [3.05, 3.63) is 29.8 Å². The second-order valence-electron chi connectivity index (χ2n) is 5.96. The molecule has 24 heavy (non-hydrogen) atoms. The van der Waals surface area contributed by atoms with E-state index in [2.05, 4.69) is 16.0 Å². The highest BCUT2D eigenvalue weighted by atomic mass is 16.5. The van der Waals surface area contributed by atoms with Gasteiger partial charge >= 0.3 is 12.0 Å². The molecular formula is C17H25N3O4. The van der Waals surface area contributed by atoms with Crippen molar-refractivity contribution in [2.45, 2.75) is 45.7 Å². The zero-order valence-corrected chi connectivity index (χ0v) is 14.7. The van der Waals surface area contributed by atoms with Crippen molar-refractivity contribution in [2.75, 3.05) is 12.4 Å². The van der Waals surface area contributed by atoms with Gasteiger partial charge in [-0.05, 0) is 51.5 Å². The van der Waals surface area contributed by atoms with Gasteiger partial charge < -0.3 is 20.7 Å². The van der Waals surface area contributed by atoms with Gasteiger partial charge in [0.25, 0.3) is 5.91 Å². The maximum atomic E-state index is 12.3. The molecule has 0 unspecified atom stereocenters. The molecule has 1 atom stereocenters. The maximum absolute atomic E-state index is 12.3. The van der Waals surface area contributed by atoms with E-state index in [4.69, 9.17) is 4.74 Å². The SMILES string of the molecule is CC[C@@](C)(NC(=O)c1ccc(NC(=O)NC(C)C)cc1)C(=O)OC. The maximum Gasteiger partial charge on any atom is 0.331 e. The molecule has 132 valence electrons. The Labute approximate surface area is 142 Å². The van der Waals surface area contributed by atoms with Gasteiger partial charge in [-0.3, -0.25) is 4.79 Å².